The van der Waals surface area contributed by atoms with Gasteiger partial charge < -0.3 is 4.74 Å². The molecule has 0 spiro atoms. The van der Waals surface area contributed by atoms with Gasteiger partial charge in [-0.2, -0.15) is 0 Å². The van der Waals surface area contributed by atoms with E-state index in [1.165, 1.54) is 7.11 Å². The maximum Gasteiger partial charge on any atom is 0.319 e. The van der Waals surface area contributed by atoms with Gasteiger partial charge >= 0.3 is 5.97 Å². The van der Waals surface area contributed by atoms with E-state index < -0.39 is 16.9 Å². The molecule has 1 atom stereocenters. The van der Waals surface area contributed by atoms with Gasteiger partial charge in [-0.1, -0.05) is 0 Å². The molecule has 1 fully saturated rings. The zero-order valence-electron chi connectivity index (χ0n) is 9.28. The van der Waals surface area contributed by atoms with Gasteiger partial charge in [-0.3, -0.25) is 4.79 Å². The summed E-state index contributed by atoms with van der Waals surface area (Å²) in [5, 5.41) is -0.434. The minimum absolute atomic E-state index is 0.160. The third-order valence-corrected chi connectivity index (χ3v) is 4.03. The highest BCUT2D eigenvalue weighted by atomic mass is 32.2. The lowest BCUT2D eigenvalue weighted by molar-refractivity contribution is -0.140. The van der Waals surface area contributed by atoms with Crippen LogP contribution in [0, 0.1) is 17.6 Å². The van der Waals surface area contributed by atoms with Crippen LogP contribution in [0.5, 0.6) is 0 Å². The number of benzene rings is 1. The molecular weight excluding hydrogens is 246 g/mol. The van der Waals surface area contributed by atoms with Crippen LogP contribution in [0.15, 0.2) is 23.1 Å². The van der Waals surface area contributed by atoms with E-state index in [-0.39, 0.29) is 16.8 Å². The molecule has 1 aromatic rings. The predicted octanol–water partition coefficient (Wildman–Crippen LogP) is 3.01. The number of rotatable bonds is 4. The van der Waals surface area contributed by atoms with E-state index in [1.54, 1.807) is 0 Å². The van der Waals surface area contributed by atoms with Gasteiger partial charge in [0.15, 0.2) is 0 Å². The number of thioether (sulfide) groups is 1. The fraction of sp³-hybridized carbons (Fsp3) is 0.417. The molecule has 1 aliphatic rings. The fourth-order valence-corrected chi connectivity index (χ4v) is 2.85. The summed E-state index contributed by atoms with van der Waals surface area (Å²) in [6.07, 6.45) is 1.87. The summed E-state index contributed by atoms with van der Waals surface area (Å²) in [5.41, 5.74) is 0. The normalized spacial score (nSPS) is 16.6. The molecule has 1 saturated carbocycles. The molecule has 0 radical (unpaired) electrons. The van der Waals surface area contributed by atoms with Crippen molar-refractivity contribution in [3.05, 3.63) is 29.8 Å². The molecule has 2 rings (SSSR count). The van der Waals surface area contributed by atoms with Crippen molar-refractivity contribution in [3.8, 4) is 0 Å². The lowest BCUT2D eigenvalue weighted by atomic mass is 10.3. The van der Waals surface area contributed by atoms with Crippen LogP contribution >= 0.6 is 11.8 Å². The van der Waals surface area contributed by atoms with Crippen molar-refractivity contribution in [2.75, 3.05) is 7.11 Å². The average Bonchev–Trinajstić information content (AvgIpc) is 3.13. The second-order valence-electron chi connectivity index (χ2n) is 3.97. The van der Waals surface area contributed by atoms with Crippen molar-refractivity contribution in [2.24, 2.45) is 5.92 Å². The largest absolute Gasteiger partial charge is 0.468 e. The van der Waals surface area contributed by atoms with E-state index in [2.05, 4.69) is 4.74 Å². The lowest BCUT2D eigenvalue weighted by Gasteiger charge is -2.13. The minimum Gasteiger partial charge on any atom is -0.468 e. The van der Waals surface area contributed by atoms with Crippen LogP contribution in [0.3, 0.4) is 0 Å². The van der Waals surface area contributed by atoms with E-state index in [1.807, 2.05) is 0 Å². The van der Waals surface area contributed by atoms with Crippen molar-refractivity contribution < 1.29 is 18.3 Å². The third kappa shape index (κ3) is 2.97. The second kappa shape index (κ2) is 5.04. The Bertz CT molecular complexity index is 433. The third-order valence-electron chi connectivity index (χ3n) is 2.63. The maximum absolute atomic E-state index is 13.4. The molecule has 0 bridgehead atoms. The Hall–Kier alpha value is -1.10. The van der Waals surface area contributed by atoms with E-state index in [0.717, 1.165) is 42.8 Å². The number of carbonyl (C=O) groups excluding carboxylic acids is 1. The Morgan fingerprint density at radius 3 is 2.76 bits per heavy atom. The quantitative estimate of drug-likeness (QED) is 0.613. The zero-order valence-corrected chi connectivity index (χ0v) is 10.1. The Morgan fingerprint density at radius 1 is 1.47 bits per heavy atom. The summed E-state index contributed by atoms with van der Waals surface area (Å²) in [7, 11) is 1.31. The topological polar surface area (TPSA) is 26.3 Å². The summed E-state index contributed by atoms with van der Waals surface area (Å²) in [6, 6.07) is 3.24. The van der Waals surface area contributed by atoms with Gasteiger partial charge in [0.25, 0.3) is 0 Å². The highest BCUT2D eigenvalue weighted by Crippen LogP contribution is 2.42. The maximum atomic E-state index is 13.4. The van der Waals surface area contributed by atoms with E-state index >= 15 is 0 Å². The van der Waals surface area contributed by atoms with Crippen LogP contribution in [0.2, 0.25) is 0 Å². The van der Waals surface area contributed by atoms with Gasteiger partial charge in [0.05, 0.1) is 7.11 Å². The van der Waals surface area contributed by atoms with Gasteiger partial charge in [-0.25, -0.2) is 8.78 Å². The first kappa shape index (κ1) is 12.4. The average molecular weight is 258 g/mol. The van der Waals surface area contributed by atoms with E-state index in [9.17, 15) is 13.6 Å². The smallest absolute Gasteiger partial charge is 0.319 e. The van der Waals surface area contributed by atoms with Gasteiger partial charge in [-0.15, -0.1) is 11.8 Å². The van der Waals surface area contributed by atoms with Crippen molar-refractivity contribution in [1.29, 1.82) is 0 Å². The van der Waals surface area contributed by atoms with Crippen molar-refractivity contribution in [2.45, 2.75) is 23.0 Å². The molecule has 0 aliphatic heterocycles. The zero-order chi connectivity index (χ0) is 12.4. The summed E-state index contributed by atoms with van der Waals surface area (Å²) >= 11 is 1.04. The van der Waals surface area contributed by atoms with Gasteiger partial charge in [0, 0.05) is 4.90 Å². The van der Waals surface area contributed by atoms with E-state index in [0.29, 0.717) is 0 Å². The van der Waals surface area contributed by atoms with Crippen LogP contribution in [0.4, 0.5) is 8.78 Å². The molecule has 0 heterocycles. The van der Waals surface area contributed by atoms with E-state index in [4.69, 9.17) is 0 Å². The molecule has 1 unspecified atom stereocenters. The SMILES string of the molecule is COC(=O)C(Sc1cc(F)ccc1F)C1CC1. The standard InChI is InChI=1S/C12H12F2O2S/c1-16-12(15)11(7-2-3-7)17-10-6-8(13)4-5-9(10)14/h4-7,11H,2-3H2,1H3. The number of hydrogen-bond acceptors (Lipinski definition) is 3. The Labute approximate surface area is 102 Å². The molecule has 0 amide bonds. The first-order valence-corrected chi connectivity index (χ1v) is 6.19. The molecule has 1 aromatic carbocycles. The molecular formula is C12H12F2O2S. The number of carbonyl (C=O) groups is 1. The summed E-state index contributed by atoms with van der Waals surface area (Å²) in [5.74, 6) is -1.17. The summed E-state index contributed by atoms with van der Waals surface area (Å²) < 4.78 is 31.1. The van der Waals surface area contributed by atoms with Gasteiger partial charge in [0.1, 0.15) is 16.9 Å². The minimum atomic E-state index is -0.508. The molecule has 1 aliphatic carbocycles. The Balaban J connectivity index is 2.16. The molecule has 17 heavy (non-hydrogen) atoms. The molecule has 5 heteroatoms. The summed E-state index contributed by atoms with van der Waals surface area (Å²) in [4.78, 5) is 11.7. The summed E-state index contributed by atoms with van der Waals surface area (Å²) in [6.45, 7) is 0. The van der Waals surface area contributed by atoms with Crippen LogP contribution in [0.25, 0.3) is 0 Å². The molecule has 0 N–H and O–H groups in total. The second-order valence-corrected chi connectivity index (χ2v) is 5.16. The Morgan fingerprint density at radius 2 is 2.18 bits per heavy atom. The highest BCUT2D eigenvalue weighted by molar-refractivity contribution is 8.00. The molecule has 92 valence electrons. The van der Waals surface area contributed by atoms with Crippen LogP contribution < -0.4 is 0 Å². The molecule has 2 nitrogen and oxygen atoms in total. The predicted molar refractivity (Wildman–Crippen MR) is 60.7 cm³/mol. The van der Waals surface area contributed by atoms with Crippen molar-refractivity contribution >= 4 is 17.7 Å². The first-order chi connectivity index (χ1) is 8.11. The highest BCUT2D eigenvalue weighted by Gasteiger charge is 2.38. The van der Waals surface area contributed by atoms with Crippen LogP contribution in [-0.4, -0.2) is 18.3 Å². The fourth-order valence-electron chi connectivity index (χ4n) is 1.56. The number of ether oxygens (including phenoxy) is 1. The number of hydrogen-bond donors (Lipinski definition) is 0. The number of halogens is 2. The lowest BCUT2D eigenvalue weighted by Crippen LogP contribution is -2.21. The number of methoxy groups -OCH3 is 1. The van der Waals surface area contributed by atoms with Crippen molar-refractivity contribution in [1.82, 2.24) is 0 Å². The Kier molecular flexibility index (Phi) is 3.66. The van der Waals surface area contributed by atoms with Crippen LogP contribution in [0.1, 0.15) is 12.8 Å². The monoisotopic (exact) mass is 258 g/mol. The molecule has 0 aromatic heterocycles. The molecule has 0 saturated heterocycles. The van der Waals surface area contributed by atoms with Crippen molar-refractivity contribution in [3.63, 3.8) is 0 Å². The number of esters is 1. The van der Waals surface area contributed by atoms with Crippen LogP contribution in [-0.2, 0) is 9.53 Å². The van der Waals surface area contributed by atoms with Gasteiger partial charge in [-0.05, 0) is 37.0 Å². The first-order valence-electron chi connectivity index (χ1n) is 5.31. The van der Waals surface area contributed by atoms with Gasteiger partial charge in [0.2, 0.25) is 0 Å².